The predicted octanol–water partition coefficient (Wildman–Crippen LogP) is 8.01. The van der Waals surface area contributed by atoms with Crippen LogP contribution in [0.4, 0.5) is 8.78 Å². The minimum Gasteiger partial charge on any atom is -0.296 e. The van der Waals surface area contributed by atoms with Gasteiger partial charge in [0.1, 0.15) is 11.3 Å². The maximum Gasteiger partial charge on any atom is 0.136 e. The van der Waals surface area contributed by atoms with Gasteiger partial charge in [0, 0.05) is 12.6 Å². The molecule has 174 valence electrons. The Balaban J connectivity index is 1.58. The molecule has 2 saturated carbocycles. The summed E-state index contributed by atoms with van der Waals surface area (Å²) in [6, 6.07) is 16.8. The summed E-state index contributed by atoms with van der Waals surface area (Å²) in [4.78, 5) is 2.57. The lowest BCUT2D eigenvalue weighted by molar-refractivity contribution is 0.0511. The van der Waals surface area contributed by atoms with E-state index in [2.05, 4.69) is 49.1 Å². The van der Waals surface area contributed by atoms with E-state index in [-0.39, 0.29) is 0 Å². The van der Waals surface area contributed by atoms with E-state index in [0.717, 1.165) is 68.3 Å². The van der Waals surface area contributed by atoms with Gasteiger partial charge in [-0.25, -0.2) is 8.78 Å². The van der Waals surface area contributed by atoms with E-state index < -0.39 is 11.3 Å². The molecule has 0 aromatic heterocycles. The molecule has 0 aliphatic heterocycles. The molecule has 0 amide bonds. The molecule has 1 atom stereocenters. The van der Waals surface area contributed by atoms with E-state index in [1.54, 1.807) is 0 Å². The van der Waals surface area contributed by atoms with Crippen molar-refractivity contribution in [3.05, 3.63) is 70.8 Å². The smallest absolute Gasteiger partial charge is 0.136 e. The largest absolute Gasteiger partial charge is 0.296 e. The molecule has 0 saturated heterocycles. The minimum atomic E-state index is -1.25. The summed E-state index contributed by atoms with van der Waals surface area (Å²) in [5, 5.41) is 0. The van der Waals surface area contributed by atoms with E-state index in [9.17, 15) is 0 Å². The monoisotopic (exact) mass is 439 g/mol. The second-order valence-electron chi connectivity index (χ2n) is 10.0. The topological polar surface area (TPSA) is 3.24 Å². The number of halogens is 2. The van der Waals surface area contributed by atoms with Gasteiger partial charge < -0.3 is 0 Å². The Morgan fingerprint density at radius 3 is 1.91 bits per heavy atom. The molecule has 0 N–H and O–H groups in total. The van der Waals surface area contributed by atoms with Gasteiger partial charge in [-0.1, -0.05) is 62.4 Å². The van der Waals surface area contributed by atoms with Crippen molar-refractivity contribution < 1.29 is 8.78 Å². The van der Waals surface area contributed by atoms with Crippen molar-refractivity contribution in [3.63, 3.8) is 0 Å². The lowest BCUT2D eigenvalue weighted by atomic mass is 9.69. The lowest BCUT2D eigenvalue weighted by Gasteiger charge is -2.41. The summed E-state index contributed by atoms with van der Waals surface area (Å²) in [7, 11) is 0. The summed E-state index contributed by atoms with van der Waals surface area (Å²) in [6.45, 7) is 6.45. The average Bonchev–Trinajstić information content (AvgIpc) is 2.77. The van der Waals surface area contributed by atoms with E-state index in [1.807, 2.05) is 18.2 Å². The third-order valence-corrected chi connectivity index (χ3v) is 7.89. The van der Waals surface area contributed by atoms with Crippen LogP contribution < -0.4 is 0 Å². The third kappa shape index (κ3) is 4.78. The van der Waals surface area contributed by atoms with Crippen LogP contribution in [-0.2, 0) is 24.3 Å². The van der Waals surface area contributed by atoms with E-state index in [4.69, 9.17) is 0 Å². The predicted molar refractivity (Wildman–Crippen MR) is 129 cm³/mol. The van der Waals surface area contributed by atoms with Crippen LogP contribution in [0.1, 0.15) is 93.9 Å². The van der Waals surface area contributed by atoms with Crippen molar-refractivity contribution >= 4 is 0 Å². The van der Waals surface area contributed by atoms with Gasteiger partial charge in [-0.15, -0.1) is 0 Å². The van der Waals surface area contributed by atoms with Crippen molar-refractivity contribution in [1.29, 1.82) is 0 Å². The first-order valence-corrected chi connectivity index (χ1v) is 12.8. The normalized spacial score (nSPS) is 19.9. The first-order chi connectivity index (χ1) is 15.5. The van der Waals surface area contributed by atoms with Gasteiger partial charge in [0.2, 0.25) is 0 Å². The van der Waals surface area contributed by atoms with Gasteiger partial charge in [-0.3, -0.25) is 4.90 Å². The zero-order valence-electron chi connectivity index (χ0n) is 19.9. The molecule has 3 heteroatoms. The molecule has 2 aromatic carbocycles. The molecule has 0 heterocycles. The SMILES string of the molecule is CCCN(Cc1ccccc1)C(CC)CCc1c(C2(F)CCC2)cccc1C1(F)CCC1. The summed E-state index contributed by atoms with van der Waals surface area (Å²) in [6.07, 6.45) is 8.03. The molecule has 0 radical (unpaired) electrons. The number of alkyl halides is 2. The summed E-state index contributed by atoms with van der Waals surface area (Å²) in [5.74, 6) is 0. The molecule has 2 aromatic rings. The van der Waals surface area contributed by atoms with Gasteiger partial charge in [-0.2, -0.15) is 0 Å². The van der Waals surface area contributed by atoms with Crippen LogP contribution >= 0.6 is 0 Å². The Morgan fingerprint density at radius 1 is 0.844 bits per heavy atom. The number of hydrogen-bond acceptors (Lipinski definition) is 1. The van der Waals surface area contributed by atoms with Crippen LogP contribution in [0.5, 0.6) is 0 Å². The van der Waals surface area contributed by atoms with Crippen molar-refractivity contribution in [3.8, 4) is 0 Å². The number of benzene rings is 2. The highest BCUT2D eigenvalue weighted by Crippen LogP contribution is 2.51. The molecule has 1 unspecified atom stereocenters. The van der Waals surface area contributed by atoms with Gasteiger partial charge in [0.15, 0.2) is 0 Å². The van der Waals surface area contributed by atoms with Gasteiger partial charge in [-0.05, 0) is 93.0 Å². The van der Waals surface area contributed by atoms with Crippen LogP contribution in [-0.4, -0.2) is 17.5 Å². The second kappa shape index (κ2) is 10.0. The first kappa shape index (κ1) is 23.4. The highest BCUT2D eigenvalue weighted by Gasteiger charge is 2.45. The fourth-order valence-corrected chi connectivity index (χ4v) is 5.66. The molecule has 2 aliphatic carbocycles. The Kier molecular flexibility index (Phi) is 7.34. The van der Waals surface area contributed by atoms with Crippen LogP contribution in [0.15, 0.2) is 48.5 Å². The number of nitrogens with zero attached hydrogens (tertiary/aromatic N) is 1. The van der Waals surface area contributed by atoms with Crippen molar-refractivity contribution in [1.82, 2.24) is 4.90 Å². The van der Waals surface area contributed by atoms with E-state index in [0.29, 0.717) is 31.7 Å². The molecule has 32 heavy (non-hydrogen) atoms. The maximum absolute atomic E-state index is 15.6. The molecule has 4 rings (SSSR count). The van der Waals surface area contributed by atoms with Crippen LogP contribution in [0.3, 0.4) is 0 Å². The molecular weight excluding hydrogens is 400 g/mol. The molecule has 2 aliphatic rings. The highest BCUT2D eigenvalue weighted by atomic mass is 19.1. The zero-order chi connectivity index (χ0) is 22.6. The number of hydrogen-bond donors (Lipinski definition) is 0. The average molecular weight is 440 g/mol. The zero-order valence-corrected chi connectivity index (χ0v) is 19.9. The fourth-order valence-electron chi connectivity index (χ4n) is 5.66. The quantitative estimate of drug-likeness (QED) is 0.343. The first-order valence-electron chi connectivity index (χ1n) is 12.8. The summed E-state index contributed by atoms with van der Waals surface area (Å²) < 4.78 is 31.3. The van der Waals surface area contributed by atoms with E-state index >= 15 is 8.78 Å². The highest BCUT2D eigenvalue weighted by molar-refractivity contribution is 5.44. The fraction of sp³-hybridized carbons (Fsp3) is 0.586. The Labute approximate surface area is 193 Å². The molecule has 0 bridgehead atoms. The van der Waals surface area contributed by atoms with Crippen molar-refractivity contribution in [2.24, 2.45) is 0 Å². The number of rotatable bonds is 11. The standard InChI is InChI=1S/C29H39F2N/c1-3-21-32(22-23-11-6-5-7-12-23)24(4-2)15-16-25-26(28(30)17-9-18-28)13-8-14-27(25)29(31)19-10-20-29/h5-8,11-14,24H,3-4,9-10,15-22H2,1-2H3. The molecule has 2 fully saturated rings. The Bertz CT molecular complexity index is 832. The Hall–Kier alpha value is -1.74. The van der Waals surface area contributed by atoms with Crippen molar-refractivity contribution in [2.75, 3.05) is 6.54 Å². The second-order valence-corrected chi connectivity index (χ2v) is 10.0. The maximum atomic E-state index is 15.6. The third-order valence-electron chi connectivity index (χ3n) is 7.89. The van der Waals surface area contributed by atoms with E-state index in [1.165, 1.54) is 5.56 Å². The van der Waals surface area contributed by atoms with Crippen LogP contribution in [0.25, 0.3) is 0 Å². The van der Waals surface area contributed by atoms with Crippen LogP contribution in [0, 0.1) is 0 Å². The van der Waals surface area contributed by atoms with Crippen molar-refractivity contribution in [2.45, 2.75) is 102 Å². The summed E-state index contributed by atoms with van der Waals surface area (Å²) in [5.41, 5.74) is 1.37. The lowest BCUT2D eigenvalue weighted by Crippen LogP contribution is -2.37. The Morgan fingerprint density at radius 2 is 1.44 bits per heavy atom. The van der Waals surface area contributed by atoms with Gasteiger partial charge >= 0.3 is 0 Å². The summed E-state index contributed by atoms with van der Waals surface area (Å²) >= 11 is 0. The van der Waals surface area contributed by atoms with Gasteiger partial charge in [0.05, 0.1) is 0 Å². The molecule has 1 nitrogen and oxygen atoms in total. The molecule has 0 spiro atoms. The van der Waals surface area contributed by atoms with Crippen LogP contribution in [0.2, 0.25) is 0 Å². The minimum absolute atomic E-state index is 0.407. The molecular formula is C29H39F2N. The van der Waals surface area contributed by atoms with Gasteiger partial charge in [0.25, 0.3) is 0 Å².